The first kappa shape index (κ1) is 25.1. The molecule has 0 aromatic heterocycles. The topological polar surface area (TPSA) is 52.7 Å². The van der Waals surface area contributed by atoms with E-state index in [0.717, 1.165) is 28.7 Å². The fourth-order valence-electron chi connectivity index (χ4n) is 5.66. The summed E-state index contributed by atoms with van der Waals surface area (Å²) < 4.78 is 0. The normalized spacial score (nSPS) is 21.0. The van der Waals surface area contributed by atoms with Crippen LogP contribution in [0.2, 0.25) is 0 Å². The van der Waals surface area contributed by atoms with Gasteiger partial charge in [-0.15, -0.1) is 0 Å². The van der Waals surface area contributed by atoms with E-state index in [-0.39, 0.29) is 16.2 Å². The summed E-state index contributed by atoms with van der Waals surface area (Å²) >= 11 is 5.38. The van der Waals surface area contributed by atoms with E-state index >= 15 is 0 Å². The van der Waals surface area contributed by atoms with Crippen molar-refractivity contribution in [2.24, 2.45) is 0 Å². The largest absolute Gasteiger partial charge is 0.364 e. The number of nitrogens with one attached hydrogen (secondary N) is 1. The molecule has 1 N–H and O–H groups in total. The first-order valence-corrected chi connectivity index (χ1v) is 12.6. The van der Waals surface area contributed by atoms with Crippen molar-refractivity contribution < 1.29 is 9.59 Å². The summed E-state index contributed by atoms with van der Waals surface area (Å²) in [6.07, 6.45) is 2.75. The highest BCUT2D eigenvalue weighted by Crippen LogP contribution is 2.45. The van der Waals surface area contributed by atoms with Crippen LogP contribution in [-0.4, -0.2) is 28.5 Å². The van der Waals surface area contributed by atoms with E-state index in [0.29, 0.717) is 17.6 Å². The maximum Gasteiger partial charge on any atom is 0.270 e. The molecule has 2 aliphatic rings. The van der Waals surface area contributed by atoms with Gasteiger partial charge in [0.15, 0.2) is 5.11 Å². The van der Waals surface area contributed by atoms with Gasteiger partial charge < -0.3 is 4.90 Å². The number of hydrogen-bond donors (Lipinski definition) is 1. The van der Waals surface area contributed by atoms with Gasteiger partial charge in [-0.3, -0.25) is 19.8 Å². The number of benzene rings is 2. The molecule has 2 aliphatic heterocycles. The number of carbonyl (C=O) groups is 2. The number of thiocarbonyl (C=S) groups is 1. The minimum absolute atomic E-state index is 0.0502. The third-order valence-electron chi connectivity index (χ3n) is 7.33. The predicted molar refractivity (Wildman–Crippen MR) is 148 cm³/mol. The number of fused-ring (bicyclic) bond motifs is 1. The van der Waals surface area contributed by atoms with Gasteiger partial charge in [-0.25, -0.2) is 0 Å². The molecule has 4 rings (SSSR count). The summed E-state index contributed by atoms with van der Waals surface area (Å²) in [5.41, 5.74) is 7.36. The molecule has 6 heteroatoms. The number of amides is 2. The smallest absolute Gasteiger partial charge is 0.270 e. The molecule has 1 fully saturated rings. The van der Waals surface area contributed by atoms with Gasteiger partial charge in [0.25, 0.3) is 11.8 Å². The SMILES string of the molecule is Cc1ccc(N2C(=O)/C(=C/c3cc4c(cc3C)N(C(C)C)C(C)(C)C[C@H]4C)C(=O)NC2=S)cc1C. The van der Waals surface area contributed by atoms with Crippen molar-refractivity contribution in [2.45, 2.75) is 79.3 Å². The van der Waals surface area contributed by atoms with E-state index < -0.39 is 11.8 Å². The van der Waals surface area contributed by atoms with E-state index in [1.165, 1.54) is 16.2 Å². The van der Waals surface area contributed by atoms with E-state index in [4.69, 9.17) is 12.2 Å². The molecule has 35 heavy (non-hydrogen) atoms. The zero-order valence-corrected chi connectivity index (χ0v) is 22.8. The molecule has 0 unspecified atom stereocenters. The molecule has 2 amide bonds. The molecule has 0 spiro atoms. The number of hydrogen-bond acceptors (Lipinski definition) is 4. The maximum absolute atomic E-state index is 13.5. The van der Waals surface area contributed by atoms with Gasteiger partial charge in [-0.1, -0.05) is 13.0 Å². The lowest BCUT2D eigenvalue weighted by atomic mass is 9.78. The Labute approximate surface area is 214 Å². The van der Waals surface area contributed by atoms with Crippen molar-refractivity contribution in [2.75, 3.05) is 9.80 Å². The van der Waals surface area contributed by atoms with Gasteiger partial charge in [0.05, 0.1) is 5.69 Å². The van der Waals surface area contributed by atoms with Gasteiger partial charge in [0.2, 0.25) is 0 Å². The Kier molecular flexibility index (Phi) is 6.39. The minimum atomic E-state index is -0.463. The van der Waals surface area contributed by atoms with Crippen molar-refractivity contribution in [3.63, 3.8) is 0 Å². The zero-order valence-electron chi connectivity index (χ0n) is 21.9. The Morgan fingerprint density at radius 3 is 2.37 bits per heavy atom. The summed E-state index contributed by atoms with van der Waals surface area (Å²) in [5.74, 6) is -0.504. The van der Waals surface area contributed by atoms with Crippen LogP contribution in [0.1, 0.15) is 74.8 Å². The number of carbonyl (C=O) groups excluding carboxylic acids is 2. The highest BCUT2D eigenvalue weighted by Gasteiger charge is 2.38. The quantitative estimate of drug-likeness (QED) is 0.329. The van der Waals surface area contributed by atoms with Gasteiger partial charge in [-0.2, -0.15) is 0 Å². The van der Waals surface area contributed by atoms with E-state index in [9.17, 15) is 9.59 Å². The Hall–Kier alpha value is -2.99. The van der Waals surface area contributed by atoms with E-state index in [1.54, 1.807) is 6.08 Å². The third-order valence-corrected chi connectivity index (χ3v) is 7.61. The second kappa shape index (κ2) is 8.90. The Morgan fingerprint density at radius 1 is 1.06 bits per heavy atom. The van der Waals surface area contributed by atoms with Crippen LogP contribution in [0.3, 0.4) is 0 Å². The highest BCUT2D eigenvalue weighted by atomic mass is 32.1. The molecule has 5 nitrogen and oxygen atoms in total. The Bertz CT molecular complexity index is 1270. The van der Waals surface area contributed by atoms with E-state index in [1.807, 2.05) is 39.0 Å². The van der Waals surface area contributed by atoms with Crippen molar-refractivity contribution >= 4 is 46.6 Å². The van der Waals surface area contributed by atoms with Crippen molar-refractivity contribution in [1.82, 2.24) is 5.32 Å². The molecule has 2 aromatic rings. The fourth-order valence-corrected chi connectivity index (χ4v) is 5.94. The summed E-state index contributed by atoms with van der Waals surface area (Å²) in [7, 11) is 0. The lowest BCUT2D eigenvalue weighted by Crippen LogP contribution is -2.54. The van der Waals surface area contributed by atoms with Crippen LogP contribution in [0.4, 0.5) is 11.4 Å². The fraction of sp³-hybridized carbons (Fsp3) is 0.414. The third kappa shape index (κ3) is 4.40. The molecule has 0 bridgehead atoms. The summed E-state index contributed by atoms with van der Waals surface area (Å²) in [6, 6.07) is 10.4. The van der Waals surface area contributed by atoms with Crippen molar-refractivity contribution in [1.29, 1.82) is 0 Å². The van der Waals surface area contributed by atoms with Crippen molar-refractivity contribution in [3.05, 3.63) is 63.7 Å². The second-order valence-electron chi connectivity index (χ2n) is 10.9. The van der Waals surface area contributed by atoms with Crippen LogP contribution in [0.15, 0.2) is 35.9 Å². The number of aryl methyl sites for hydroxylation is 3. The minimum Gasteiger partial charge on any atom is -0.364 e. The van der Waals surface area contributed by atoms with E-state index in [2.05, 4.69) is 57.0 Å². The average Bonchev–Trinajstić information content (AvgIpc) is 2.73. The Balaban J connectivity index is 1.79. The second-order valence-corrected chi connectivity index (χ2v) is 11.3. The molecule has 0 saturated carbocycles. The van der Waals surface area contributed by atoms with Crippen LogP contribution < -0.4 is 15.1 Å². The summed E-state index contributed by atoms with van der Waals surface area (Å²) in [6.45, 7) is 17.3. The molecule has 0 aliphatic carbocycles. The lowest BCUT2D eigenvalue weighted by molar-refractivity contribution is -0.122. The number of rotatable bonds is 3. The molecular formula is C29H35N3O2S. The number of anilines is 2. The van der Waals surface area contributed by atoms with Gasteiger partial charge in [0.1, 0.15) is 5.57 Å². The zero-order chi connectivity index (χ0) is 25.8. The molecular weight excluding hydrogens is 454 g/mol. The highest BCUT2D eigenvalue weighted by molar-refractivity contribution is 7.80. The summed E-state index contributed by atoms with van der Waals surface area (Å²) in [4.78, 5) is 30.3. The number of nitrogens with zero attached hydrogens (tertiary/aromatic N) is 2. The molecule has 184 valence electrons. The summed E-state index contributed by atoms with van der Waals surface area (Å²) in [5, 5.41) is 2.81. The Morgan fingerprint density at radius 2 is 1.74 bits per heavy atom. The standard InChI is InChI=1S/C29H35N3O2S/c1-16(2)32-25-12-19(5)21(13-23(25)20(6)15-29(32,7)8)14-24-26(33)30-28(35)31(27(24)34)22-10-9-17(3)18(4)11-22/h9-14,16,20H,15H2,1-8H3,(H,30,33,35)/b24-14+/t20-/m1/s1. The maximum atomic E-state index is 13.5. The van der Waals surface area contributed by atoms with Crippen LogP contribution in [0.25, 0.3) is 6.08 Å². The first-order chi connectivity index (χ1) is 16.3. The predicted octanol–water partition coefficient (Wildman–Crippen LogP) is 5.94. The lowest BCUT2D eigenvalue weighted by Gasteiger charge is -2.50. The van der Waals surface area contributed by atoms with Crippen LogP contribution in [0, 0.1) is 20.8 Å². The molecule has 2 heterocycles. The average molecular weight is 490 g/mol. The van der Waals surface area contributed by atoms with Gasteiger partial charge in [0, 0.05) is 17.3 Å². The van der Waals surface area contributed by atoms with Gasteiger partial charge >= 0.3 is 0 Å². The van der Waals surface area contributed by atoms with Crippen LogP contribution >= 0.6 is 12.2 Å². The first-order valence-electron chi connectivity index (χ1n) is 12.2. The molecule has 1 atom stereocenters. The van der Waals surface area contributed by atoms with Crippen LogP contribution in [-0.2, 0) is 9.59 Å². The molecule has 0 radical (unpaired) electrons. The molecule has 1 saturated heterocycles. The molecule has 2 aromatic carbocycles. The monoisotopic (exact) mass is 489 g/mol. The van der Waals surface area contributed by atoms with Gasteiger partial charge in [-0.05, 0) is 131 Å². The van der Waals surface area contributed by atoms with Crippen LogP contribution in [0.5, 0.6) is 0 Å². The van der Waals surface area contributed by atoms with Crippen molar-refractivity contribution in [3.8, 4) is 0 Å².